The minimum Gasteiger partial charge on any atom is -0.495 e. The average Bonchev–Trinajstić information content (AvgIpc) is 2.43. The van der Waals surface area contributed by atoms with Crippen LogP contribution in [0.15, 0.2) is 40.9 Å². The van der Waals surface area contributed by atoms with E-state index in [0.717, 1.165) is 0 Å². The first-order chi connectivity index (χ1) is 9.51. The van der Waals surface area contributed by atoms with Crippen molar-refractivity contribution in [3.8, 4) is 5.75 Å². The highest BCUT2D eigenvalue weighted by molar-refractivity contribution is 9.10. The van der Waals surface area contributed by atoms with Gasteiger partial charge in [0.2, 0.25) is 0 Å². The van der Waals surface area contributed by atoms with E-state index in [0.29, 0.717) is 22.7 Å². The van der Waals surface area contributed by atoms with Crippen LogP contribution < -0.4 is 15.8 Å². The van der Waals surface area contributed by atoms with Gasteiger partial charge >= 0.3 is 0 Å². The van der Waals surface area contributed by atoms with Gasteiger partial charge in [0.05, 0.1) is 17.3 Å². The van der Waals surface area contributed by atoms with E-state index in [1.165, 1.54) is 25.3 Å². The molecule has 0 radical (unpaired) electrons. The Kier molecular flexibility index (Phi) is 4.24. The zero-order chi connectivity index (χ0) is 14.7. The highest BCUT2D eigenvalue weighted by atomic mass is 79.9. The lowest BCUT2D eigenvalue weighted by molar-refractivity contribution is 0.102. The van der Waals surface area contributed by atoms with Crippen LogP contribution in [0.3, 0.4) is 0 Å². The van der Waals surface area contributed by atoms with E-state index in [2.05, 4.69) is 21.2 Å². The summed E-state index contributed by atoms with van der Waals surface area (Å²) >= 11 is 3.04. The molecule has 104 valence electrons. The Bertz CT molecular complexity index is 662. The van der Waals surface area contributed by atoms with Crippen molar-refractivity contribution in [3.63, 3.8) is 0 Å². The quantitative estimate of drug-likeness (QED) is 0.842. The molecule has 0 aliphatic carbocycles. The van der Waals surface area contributed by atoms with E-state index in [9.17, 15) is 9.18 Å². The molecule has 20 heavy (non-hydrogen) atoms. The molecule has 0 saturated heterocycles. The smallest absolute Gasteiger partial charge is 0.255 e. The lowest BCUT2D eigenvalue weighted by Crippen LogP contribution is -2.12. The van der Waals surface area contributed by atoms with E-state index < -0.39 is 5.82 Å². The molecule has 1 amide bonds. The number of carbonyl (C=O) groups is 1. The third-order valence-electron chi connectivity index (χ3n) is 2.67. The van der Waals surface area contributed by atoms with Crippen molar-refractivity contribution in [2.24, 2.45) is 0 Å². The van der Waals surface area contributed by atoms with Crippen molar-refractivity contribution in [1.82, 2.24) is 0 Å². The highest BCUT2D eigenvalue weighted by Gasteiger charge is 2.10. The van der Waals surface area contributed by atoms with Crippen LogP contribution in [0.1, 0.15) is 10.4 Å². The molecule has 2 aromatic rings. The molecule has 0 atom stereocenters. The maximum Gasteiger partial charge on any atom is 0.255 e. The normalized spacial score (nSPS) is 10.2. The van der Waals surface area contributed by atoms with Crippen LogP contribution in [-0.4, -0.2) is 13.0 Å². The maximum absolute atomic E-state index is 13.1. The summed E-state index contributed by atoms with van der Waals surface area (Å²) in [6.45, 7) is 0. The number of nitrogens with one attached hydrogen (secondary N) is 1. The summed E-state index contributed by atoms with van der Waals surface area (Å²) in [5.41, 5.74) is 7.06. The predicted octanol–water partition coefficient (Wildman–Crippen LogP) is 3.43. The van der Waals surface area contributed by atoms with Crippen molar-refractivity contribution in [1.29, 1.82) is 0 Å². The summed E-state index contributed by atoms with van der Waals surface area (Å²) < 4.78 is 18.4. The van der Waals surface area contributed by atoms with Gasteiger partial charge in [-0.1, -0.05) is 0 Å². The van der Waals surface area contributed by atoms with Crippen molar-refractivity contribution in [3.05, 3.63) is 52.3 Å². The van der Waals surface area contributed by atoms with Crippen molar-refractivity contribution < 1.29 is 13.9 Å². The molecule has 0 aliphatic heterocycles. The van der Waals surface area contributed by atoms with Gasteiger partial charge in [-0.25, -0.2) is 4.39 Å². The second-order valence-electron chi connectivity index (χ2n) is 4.04. The average molecular weight is 339 g/mol. The Hall–Kier alpha value is -2.08. The number of nitrogen functional groups attached to an aromatic ring is 1. The van der Waals surface area contributed by atoms with Crippen molar-refractivity contribution in [2.45, 2.75) is 0 Å². The Balaban J connectivity index is 2.21. The standard InChI is InChI=1S/C14H12BrFN2O2/c1-20-13-7-9(3-5-12(13)17)18-14(19)8-2-4-11(16)10(15)6-8/h2-7H,17H2,1H3,(H,18,19). The third-order valence-corrected chi connectivity index (χ3v) is 3.28. The Morgan fingerprint density at radius 2 is 2.05 bits per heavy atom. The Labute approximate surface area is 123 Å². The molecular formula is C14H12BrFN2O2. The first-order valence-electron chi connectivity index (χ1n) is 5.71. The molecule has 0 fully saturated rings. The molecule has 0 aliphatic rings. The number of amides is 1. The number of benzene rings is 2. The monoisotopic (exact) mass is 338 g/mol. The highest BCUT2D eigenvalue weighted by Crippen LogP contribution is 2.25. The molecule has 2 aromatic carbocycles. The minimum absolute atomic E-state index is 0.236. The largest absolute Gasteiger partial charge is 0.495 e. The molecule has 0 aromatic heterocycles. The Morgan fingerprint density at radius 3 is 2.70 bits per heavy atom. The number of hydrogen-bond acceptors (Lipinski definition) is 3. The van der Waals surface area contributed by atoms with Crippen LogP contribution in [0.5, 0.6) is 5.75 Å². The Morgan fingerprint density at radius 1 is 1.30 bits per heavy atom. The molecular weight excluding hydrogens is 327 g/mol. The van der Waals surface area contributed by atoms with Gasteiger partial charge in [0, 0.05) is 17.3 Å². The molecule has 0 bridgehead atoms. The molecule has 0 unspecified atom stereocenters. The number of ether oxygens (including phenoxy) is 1. The zero-order valence-corrected chi connectivity index (χ0v) is 12.2. The number of halogens is 2. The topological polar surface area (TPSA) is 64.3 Å². The number of anilines is 2. The van der Waals surface area contributed by atoms with E-state index in [4.69, 9.17) is 10.5 Å². The molecule has 2 rings (SSSR count). The van der Waals surface area contributed by atoms with Gasteiger partial charge in [-0.3, -0.25) is 4.79 Å². The fourth-order valence-corrected chi connectivity index (χ4v) is 2.01. The van der Waals surface area contributed by atoms with Gasteiger partial charge in [-0.05, 0) is 46.3 Å². The minimum atomic E-state index is -0.421. The van der Waals surface area contributed by atoms with Crippen molar-refractivity contribution >= 4 is 33.2 Å². The number of rotatable bonds is 3. The first kappa shape index (κ1) is 14.3. The maximum atomic E-state index is 13.1. The summed E-state index contributed by atoms with van der Waals surface area (Å²) in [6.07, 6.45) is 0. The molecule has 0 heterocycles. The van der Waals surface area contributed by atoms with Crippen LogP contribution in [-0.2, 0) is 0 Å². The van der Waals surface area contributed by atoms with Crippen molar-refractivity contribution in [2.75, 3.05) is 18.2 Å². The second kappa shape index (κ2) is 5.92. The second-order valence-corrected chi connectivity index (χ2v) is 4.89. The molecule has 6 heteroatoms. The summed E-state index contributed by atoms with van der Waals surface area (Å²) in [6, 6.07) is 8.96. The lowest BCUT2D eigenvalue weighted by atomic mass is 10.2. The molecule has 4 nitrogen and oxygen atoms in total. The van der Waals surface area contributed by atoms with Gasteiger partial charge in [0.15, 0.2) is 0 Å². The fourth-order valence-electron chi connectivity index (χ4n) is 1.63. The molecule has 3 N–H and O–H groups in total. The van der Waals surface area contributed by atoms with Gasteiger partial charge < -0.3 is 15.8 Å². The van der Waals surface area contributed by atoms with Crippen LogP contribution in [0.25, 0.3) is 0 Å². The van der Waals surface area contributed by atoms with Crippen LogP contribution >= 0.6 is 15.9 Å². The number of carbonyl (C=O) groups excluding carboxylic acids is 1. The van der Waals surface area contributed by atoms with E-state index in [-0.39, 0.29) is 10.4 Å². The molecule has 0 saturated carbocycles. The van der Waals surface area contributed by atoms with Crippen LogP contribution in [0.4, 0.5) is 15.8 Å². The molecule has 0 spiro atoms. The third kappa shape index (κ3) is 3.08. The van der Waals surface area contributed by atoms with E-state index in [1.54, 1.807) is 18.2 Å². The van der Waals surface area contributed by atoms with E-state index in [1.807, 2.05) is 0 Å². The van der Waals surface area contributed by atoms with E-state index >= 15 is 0 Å². The zero-order valence-electron chi connectivity index (χ0n) is 10.6. The number of nitrogens with two attached hydrogens (primary N) is 1. The van der Waals surface area contributed by atoms with Gasteiger partial charge in [0.25, 0.3) is 5.91 Å². The predicted molar refractivity (Wildman–Crippen MR) is 79.5 cm³/mol. The van der Waals surface area contributed by atoms with Crippen LogP contribution in [0.2, 0.25) is 0 Å². The van der Waals surface area contributed by atoms with Gasteiger partial charge in [-0.2, -0.15) is 0 Å². The first-order valence-corrected chi connectivity index (χ1v) is 6.50. The van der Waals surface area contributed by atoms with Gasteiger partial charge in [-0.15, -0.1) is 0 Å². The summed E-state index contributed by atoms with van der Waals surface area (Å²) in [4.78, 5) is 12.0. The van der Waals surface area contributed by atoms with Gasteiger partial charge in [0.1, 0.15) is 11.6 Å². The SMILES string of the molecule is COc1cc(NC(=O)c2ccc(F)c(Br)c2)ccc1N. The summed E-state index contributed by atoms with van der Waals surface area (Å²) in [5, 5.41) is 2.69. The lowest BCUT2D eigenvalue weighted by Gasteiger charge is -2.09. The number of hydrogen-bond donors (Lipinski definition) is 2. The summed E-state index contributed by atoms with van der Waals surface area (Å²) in [7, 11) is 1.49. The fraction of sp³-hybridized carbons (Fsp3) is 0.0714. The van der Waals surface area contributed by atoms with Crippen LogP contribution in [0, 0.1) is 5.82 Å². The number of methoxy groups -OCH3 is 1. The summed E-state index contributed by atoms with van der Waals surface area (Å²) in [5.74, 6) is -0.295.